The first kappa shape index (κ1) is 24.3. The second-order valence-corrected chi connectivity index (χ2v) is 5.27. The van der Waals surface area contributed by atoms with Gasteiger partial charge in [0.1, 0.15) is 12.3 Å². The molecule has 0 aliphatic rings. The lowest BCUT2D eigenvalue weighted by molar-refractivity contribution is -0.157. The molecule has 0 saturated heterocycles. The number of hydrogen-bond acceptors (Lipinski definition) is 3. The van der Waals surface area contributed by atoms with Crippen LogP contribution in [0.1, 0.15) is 12.5 Å². The summed E-state index contributed by atoms with van der Waals surface area (Å²) in [5, 5.41) is 5.67. The average Bonchev–Trinajstić information content (AvgIpc) is 2.55. The second kappa shape index (κ2) is 11.8. The van der Waals surface area contributed by atoms with E-state index >= 15 is 0 Å². The van der Waals surface area contributed by atoms with Gasteiger partial charge in [0.05, 0.1) is 20.2 Å². The number of ether oxygens (including phenoxy) is 1. The fourth-order valence-electron chi connectivity index (χ4n) is 1.93. The zero-order chi connectivity index (χ0) is 18.9. The molecule has 26 heavy (non-hydrogen) atoms. The van der Waals surface area contributed by atoms with Crippen molar-refractivity contribution in [2.45, 2.75) is 19.6 Å². The number of alkyl halides is 3. The van der Waals surface area contributed by atoms with Crippen LogP contribution in [0.4, 0.5) is 13.2 Å². The van der Waals surface area contributed by atoms with Gasteiger partial charge in [-0.05, 0) is 24.6 Å². The normalized spacial score (nSPS) is 11.4. The maximum atomic E-state index is 12.3. The SMILES string of the molecule is CCNC(=NCc1cccc(OC)c1)NCC(=O)N(C)CC(F)(F)F.I. The molecule has 0 saturated carbocycles. The molecule has 10 heteroatoms. The van der Waals surface area contributed by atoms with Gasteiger partial charge in [-0.2, -0.15) is 13.2 Å². The minimum Gasteiger partial charge on any atom is -0.497 e. The van der Waals surface area contributed by atoms with E-state index in [4.69, 9.17) is 4.74 Å². The molecule has 1 aromatic carbocycles. The summed E-state index contributed by atoms with van der Waals surface area (Å²) >= 11 is 0. The number of carbonyl (C=O) groups excluding carboxylic acids is 1. The van der Waals surface area contributed by atoms with E-state index < -0.39 is 18.6 Å². The van der Waals surface area contributed by atoms with Gasteiger partial charge in [-0.3, -0.25) is 4.79 Å². The number of likely N-dealkylation sites (N-methyl/N-ethyl adjacent to an activating group) is 1. The minimum atomic E-state index is -4.42. The number of nitrogens with one attached hydrogen (secondary N) is 2. The maximum absolute atomic E-state index is 12.3. The summed E-state index contributed by atoms with van der Waals surface area (Å²) in [4.78, 5) is 16.7. The van der Waals surface area contributed by atoms with E-state index in [0.717, 1.165) is 12.6 Å². The smallest absolute Gasteiger partial charge is 0.406 e. The molecule has 1 amide bonds. The van der Waals surface area contributed by atoms with Gasteiger partial charge in [0.2, 0.25) is 5.91 Å². The van der Waals surface area contributed by atoms with Crippen LogP contribution >= 0.6 is 24.0 Å². The van der Waals surface area contributed by atoms with Gasteiger partial charge in [-0.25, -0.2) is 4.99 Å². The fourth-order valence-corrected chi connectivity index (χ4v) is 1.93. The highest BCUT2D eigenvalue weighted by molar-refractivity contribution is 14.0. The van der Waals surface area contributed by atoms with E-state index in [9.17, 15) is 18.0 Å². The van der Waals surface area contributed by atoms with Crippen molar-refractivity contribution in [1.82, 2.24) is 15.5 Å². The Hall–Kier alpha value is -1.72. The van der Waals surface area contributed by atoms with Gasteiger partial charge in [-0.1, -0.05) is 12.1 Å². The summed E-state index contributed by atoms with van der Waals surface area (Å²) < 4.78 is 42.0. The molecule has 1 aromatic rings. The lowest BCUT2D eigenvalue weighted by Crippen LogP contribution is -2.45. The topological polar surface area (TPSA) is 66.0 Å². The Kier molecular flexibility index (Phi) is 11.0. The van der Waals surface area contributed by atoms with Crippen molar-refractivity contribution in [3.05, 3.63) is 29.8 Å². The van der Waals surface area contributed by atoms with Crippen molar-refractivity contribution in [1.29, 1.82) is 0 Å². The van der Waals surface area contributed by atoms with E-state index in [-0.39, 0.29) is 30.5 Å². The van der Waals surface area contributed by atoms with Crippen molar-refractivity contribution < 1.29 is 22.7 Å². The molecule has 0 spiro atoms. The largest absolute Gasteiger partial charge is 0.497 e. The van der Waals surface area contributed by atoms with Crippen molar-refractivity contribution >= 4 is 35.8 Å². The summed E-state index contributed by atoms with van der Waals surface area (Å²) in [6, 6.07) is 7.35. The molecular formula is C16H24F3IN4O2. The second-order valence-electron chi connectivity index (χ2n) is 5.27. The fraction of sp³-hybridized carbons (Fsp3) is 0.500. The van der Waals surface area contributed by atoms with Crippen LogP contribution in [0.15, 0.2) is 29.3 Å². The molecule has 0 aliphatic carbocycles. The highest BCUT2D eigenvalue weighted by Crippen LogP contribution is 2.15. The Morgan fingerprint density at radius 1 is 1.31 bits per heavy atom. The summed E-state index contributed by atoms with van der Waals surface area (Å²) in [5.74, 6) is 0.373. The lowest BCUT2D eigenvalue weighted by Gasteiger charge is -2.20. The third kappa shape index (κ3) is 9.68. The van der Waals surface area contributed by atoms with Crippen molar-refractivity contribution in [3.8, 4) is 5.75 Å². The van der Waals surface area contributed by atoms with Gasteiger partial charge in [0.25, 0.3) is 0 Å². The van der Waals surface area contributed by atoms with E-state index in [2.05, 4.69) is 15.6 Å². The number of guanidine groups is 1. The average molecular weight is 488 g/mol. The zero-order valence-corrected chi connectivity index (χ0v) is 17.2. The summed E-state index contributed by atoms with van der Waals surface area (Å²) in [5.41, 5.74) is 0.900. The Morgan fingerprint density at radius 2 is 2.00 bits per heavy atom. The van der Waals surface area contributed by atoms with Crippen LogP contribution in [0.25, 0.3) is 0 Å². The van der Waals surface area contributed by atoms with Crippen LogP contribution in [-0.2, 0) is 11.3 Å². The predicted octanol–water partition coefficient (Wildman–Crippen LogP) is 2.39. The summed E-state index contributed by atoms with van der Waals surface area (Å²) in [7, 11) is 2.68. The molecule has 0 atom stereocenters. The molecule has 0 unspecified atom stereocenters. The maximum Gasteiger partial charge on any atom is 0.406 e. The lowest BCUT2D eigenvalue weighted by atomic mass is 10.2. The van der Waals surface area contributed by atoms with Gasteiger partial charge < -0.3 is 20.3 Å². The molecule has 6 nitrogen and oxygen atoms in total. The molecule has 0 aromatic heterocycles. The number of aliphatic imine (C=N–C) groups is 1. The van der Waals surface area contributed by atoms with E-state index in [1.165, 1.54) is 0 Å². The molecule has 0 aliphatic heterocycles. The zero-order valence-electron chi connectivity index (χ0n) is 14.9. The first-order valence-electron chi connectivity index (χ1n) is 7.71. The van der Waals surface area contributed by atoms with Crippen molar-refractivity contribution in [2.75, 3.05) is 33.8 Å². The van der Waals surface area contributed by atoms with Crippen molar-refractivity contribution in [2.24, 2.45) is 4.99 Å². The number of hydrogen-bond donors (Lipinski definition) is 2. The first-order chi connectivity index (χ1) is 11.7. The number of methoxy groups -OCH3 is 1. The molecular weight excluding hydrogens is 464 g/mol. The Labute approximate surface area is 168 Å². The Morgan fingerprint density at radius 3 is 2.58 bits per heavy atom. The third-order valence-electron chi connectivity index (χ3n) is 3.15. The van der Waals surface area contributed by atoms with Crippen LogP contribution in [0.3, 0.4) is 0 Å². The number of halogens is 4. The molecule has 0 bridgehead atoms. The van der Waals surface area contributed by atoms with Crippen LogP contribution in [-0.4, -0.2) is 56.7 Å². The minimum absolute atomic E-state index is 0. The number of rotatable bonds is 7. The quantitative estimate of drug-likeness (QED) is 0.352. The molecule has 2 N–H and O–H groups in total. The van der Waals surface area contributed by atoms with Crippen molar-refractivity contribution in [3.63, 3.8) is 0 Å². The highest BCUT2D eigenvalue weighted by atomic mass is 127. The van der Waals surface area contributed by atoms with Gasteiger partial charge in [0, 0.05) is 13.6 Å². The van der Waals surface area contributed by atoms with E-state index in [0.29, 0.717) is 29.7 Å². The van der Waals surface area contributed by atoms with Gasteiger partial charge in [-0.15, -0.1) is 24.0 Å². The number of benzene rings is 1. The number of nitrogens with zero attached hydrogens (tertiary/aromatic N) is 2. The number of carbonyl (C=O) groups is 1. The Bertz CT molecular complexity index is 597. The molecule has 0 fully saturated rings. The molecule has 1 rings (SSSR count). The van der Waals surface area contributed by atoms with Crippen LogP contribution < -0.4 is 15.4 Å². The summed E-state index contributed by atoms with van der Waals surface area (Å²) in [6.07, 6.45) is -4.42. The molecule has 0 radical (unpaired) electrons. The van der Waals surface area contributed by atoms with Gasteiger partial charge in [0.15, 0.2) is 5.96 Å². The standard InChI is InChI=1S/C16H23F3N4O2.HI/c1-4-20-15(21-9-12-6-5-7-13(8-12)25-3)22-10-14(24)23(2)11-16(17,18)19;/h5-8H,4,9-11H2,1-3H3,(H2,20,21,22);1H. The number of amides is 1. The monoisotopic (exact) mass is 488 g/mol. The molecule has 148 valence electrons. The van der Waals surface area contributed by atoms with E-state index in [1.54, 1.807) is 7.11 Å². The van der Waals surface area contributed by atoms with Crippen LogP contribution in [0, 0.1) is 0 Å². The third-order valence-corrected chi connectivity index (χ3v) is 3.15. The van der Waals surface area contributed by atoms with Gasteiger partial charge >= 0.3 is 6.18 Å². The highest BCUT2D eigenvalue weighted by Gasteiger charge is 2.31. The predicted molar refractivity (Wildman–Crippen MR) is 105 cm³/mol. The Balaban J connectivity index is 0.00000625. The molecule has 0 heterocycles. The first-order valence-corrected chi connectivity index (χ1v) is 7.71. The van der Waals surface area contributed by atoms with E-state index in [1.807, 2.05) is 31.2 Å². The van der Waals surface area contributed by atoms with Crippen LogP contribution in [0.2, 0.25) is 0 Å². The van der Waals surface area contributed by atoms with Crippen LogP contribution in [0.5, 0.6) is 5.75 Å². The summed E-state index contributed by atoms with van der Waals surface area (Å²) in [6.45, 7) is 1.16.